The molecule has 26 heavy (non-hydrogen) atoms. The Labute approximate surface area is 157 Å². The van der Waals surface area contributed by atoms with Gasteiger partial charge in [0.15, 0.2) is 5.65 Å². The number of aromatic nitrogens is 3. The van der Waals surface area contributed by atoms with Crippen LogP contribution in [0.25, 0.3) is 16.9 Å². The van der Waals surface area contributed by atoms with E-state index in [0.717, 1.165) is 24.2 Å². The van der Waals surface area contributed by atoms with Gasteiger partial charge in [0.1, 0.15) is 13.7 Å². The van der Waals surface area contributed by atoms with Crippen molar-refractivity contribution in [2.45, 2.75) is 12.8 Å². The maximum atomic E-state index is 11.7. The number of amides is 1. The monoisotopic (exact) mass is 365 g/mol. The van der Waals surface area contributed by atoms with Crippen molar-refractivity contribution >= 4 is 42.3 Å². The summed E-state index contributed by atoms with van der Waals surface area (Å²) in [6.45, 7) is 1.11. The van der Waals surface area contributed by atoms with Crippen molar-refractivity contribution in [3.05, 3.63) is 41.6 Å². The average molecular weight is 366 g/mol. The number of hydrogen-bond acceptors (Lipinski definition) is 4. The maximum Gasteiger partial charge on any atom is 0.223 e. The highest BCUT2D eigenvalue weighted by molar-refractivity contribution is 6.36. The molecule has 0 aliphatic heterocycles. The van der Waals surface area contributed by atoms with Gasteiger partial charge in [-0.05, 0) is 24.4 Å². The lowest BCUT2D eigenvalue weighted by Crippen LogP contribution is -2.30. The van der Waals surface area contributed by atoms with E-state index in [1.165, 1.54) is 0 Å². The number of nitrogens with one attached hydrogen (secondary N) is 2. The molecule has 1 aliphatic rings. The molecular formula is C18H17BClN5O. The molecule has 6 nitrogen and oxygen atoms in total. The van der Waals surface area contributed by atoms with E-state index < -0.39 is 0 Å². The van der Waals surface area contributed by atoms with Crippen molar-refractivity contribution in [2.24, 2.45) is 5.92 Å². The minimum absolute atomic E-state index is 0.131. The topological polar surface area (TPSA) is 71.3 Å². The molecule has 3 aromatic rings. The highest BCUT2D eigenvalue weighted by Gasteiger charge is 2.28. The Morgan fingerprint density at radius 3 is 2.88 bits per heavy atom. The zero-order valence-corrected chi connectivity index (χ0v) is 14.8. The number of halogens is 1. The van der Waals surface area contributed by atoms with Crippen LogP contribution in [0.15, 0.2) is 36.5 Å². The molecule has 1 aliphatic carbocycles. The minimum atomic E-state index is 0.131. The Morgan fingerprint density at radius 1 is 1.31 bits per heavy atom. The number of nitrogens with zero attached hydrogens (tertiary/aromatic N) is 3. The summed E-state index contributed by atoms with van der Waals surface area (Å²) in [6.07, 6.45) is 3.56. The van der Waals surface area contributed by atoms with Crippen LogP contribution in [0.1, 0.15) is 12.8 Å². The summed E-state index contributed by atoms with van der Waals surface area (Å²) in [7, 11) is 6.00. The first-order chi connectivity index (χ1) is 12.6. The molecule has 2 N–H and O–H groups in total. The number of rotatable bonds is 6. The van der Waals surface area contributed by atoms with Crippen LogP contribution in [-0.2, 0) is 4.79 Å². The summed E-state index contributed by atoms with van der Waals surface area (Å²) < 4.78 is 1.65. The highest BCUT2D eigenvalue weighted by atomic mass is 35.5. The fourth-order valence-corrected chi connectivity index (χ4v) is 3.01. The highest BCUT2D eigenvalue weighted by Crippen LogP contribution is 2.29. The van der Waals surface area contributed by atoms with Gasteiger partial charge in [-0.25, -0.2) is 4.98 Å². The van der Waals surface area contributed by atoms with E-state index in [2.05, 4.69) is 20.7 Å². The Balaban J connectivity index is 1.58. The summed E-state index contributed by atoms with van der Waals surface area (Å²) in [6, 6.07) is 9.40. The molecule has 0 saturated heterocycles. The second-order valence-corrected chi connectivity index (χ2v) is 6.74. The number of carbonyl (C=O) groups is 1. The first kappa shape index (κ1) is 16.9. The molecule has 0 unspecified atom stereocenters. The largest absolute Gasteiger partial charge is 0.368 e. The van der Waals surface area contributed by atoms with E-state index in [-0.39, 0.29) is 11.8 Å². The molecule has 1 fully saturated rings. The molecule has 0 atom stereocenters. The molecule has 0 bridgehead atoms. The third kappa shape index (κ3) is 3.39. The lowest BCUT2D eigenvalue weighted by molar-refractivity contribution is -0.122. The first-order valence-electron chi connectivity index (χ1n) is 8.54. The van der Waals surface area contributed by atoms with Gasteiger partial charge < -0.3 is 10.6 Å². The minimum Gasteiger partial charge on any atom is -0.368 e. The van der Waals surface area contributed by atoms with E-state index in [9.17, 15) is 4.79 Å². The quantitative estimate of drug-likeness (QED) is 0.516. The van der Waals surface area contributed by atoms with Gasteiger partial charge >= 0.3 is 0 Å². The van der Waals surface area contributed by atoms with Crippen LogP contribution >= 0.6 is 11.6 Å². The number of benzene rings is 1. The Morgan fingerprint density at radius 2 is 2.12 bits per heavy atom. The Hall–Kier alpha value is -2.54. The summed E-state index contributed by atoms with van der Waals surface area (Å²) in [5.41, 5.74) is 2.58. The van der Waals surface area contributed by atoms with E-state index in [4.69, 9.17) is 19.4 Å². The molecule has 2 radical (unpaired) electrons. The summed E-state index contributed by atoms with van der Waals surface area (Å²) >= 11 is 6.31. The van der Waals surface area contributed by atoms with Gasteiger partial charge in [0.05, 0.1) is 5.69 Å². The van der Waals surface area contributed by atoms with Gasteiger partial charge in [-0.15, -0.1) is 0 Å². The van der Waals surface area contributed by atoms with Crippen LogP contribution in [0.4, 0.5) is 5.82 Å². The molecule has 130 valence electrons. The third-order valence-corrected chi connectivity index (χ3v) is 4.66. The predicted molar refractivity (Wildman–Crippen MR) is 103 cm³/mol. The second kappa shape index (κ2) is 7.00. The van der Waals surface area contributed by atoms with Gasteiger partial charge in [0.2, 0.25) is 5.91 Å². The van der Waals surface area contributed by atoms with Crippen LogP contribution in [0.5, 0.6) is 0 Å². The van der Waals surface area contributed by atoms with Crippen molar-refractivity contribution in [1.29, 1.82) is 0 Å². The second-order valence-electron chi connectivity index (χ2n) is 6.33. The molecule has 1 amide bonds. The molecule has 2 heterocycles. The smallest absolute Gasteiger partial charge is 0.223 e. The normalized spacial score (nSPS) is 13.7. The van der Waals surface area contributed by atoms with Gasteiger partial charge in [-0.3, -0.25) is 4.79 Å². The number of fused-ring (bicyclic) bond motifs is 1. The van der Waals surface area contributed by atoms with Crippen molar-refractivity contribution in [1.82, 2.24) is 19.9 Å². The van der Waals surface area contributed by atoms with Crippen LogP contribution < -0.4 is 16.1 Å². The fraction of sp³-hybridized carbons (Fsp3) is 0.278. The third-order valence-electron chi connectivity index (χ3n) is 4.33. The summed E-state index contributed by atoms with van der Waals surface area (Å²) in [5.74, 6) is 1.08. The molecule has 0 spiro atoms. The van der Waals surface area contributed by atoms with E-state index in [1.807, 2.05) is 30.3 Å². The molecule has 1 aromatic carbocycles. The van der Waals surface area contributed by atoms with Crippen molar-refractivity contribution < 1.29 is 4.79 Å². The molecule has 8 heteroatoms. The number of anilines is 1. The van der Waals surface area contributed by atoms with Gasteiger partial charge in [-0.2, -0.15) is 9.61 Å². The van der Waals surface area contributed by atoms with Crippen LogP contribution in [0.3, 0.4) is 0 Å². The SMILES string of the molecule is [B]c1cnn2c(NCCNC(=O)C3CC3)cc(-c3ccccc3Cl)nc12. The van der Waals surface area contributed by atoms with Gasteiger partial charge in [0, 0.05) is 41.9 Å². The fourth-order valence-electron chi connectivity index (χ4n) is 2.78. The van der Waals surface area contributed by atoms with Crippen LogP contribution in [0, 0.1) is 5.92 Å². The summed E-state index contributed by atoms with van der Waals surface area (Å²) in [4.78, 5) is 16.3. The number of hydrogen-bond donors (Lipinski definition) is 2. The average Bonchev–Trinajstić information content (AvgIpc) is 3.43. The maximum absolute atomic E-state index is 11.7. The standard InChI is InChI=1S/C18H17BClN5O/c19-13-10-23-25-16(21-7-8-22-18(26)11-5-6-11)9-15(24-17(13)25)12-3-1-2-4-14(12)20/h1-4,9-11,21H,5-8H2,(H,22,26). The summed E-state index contributed by atoms with van der Waals surface area (Å²) in [5, 5.41) is 11.1. The van der Waals surface area contributed by atoms with Crippen molar-refractivity contribution in [3.63, 3.8) is 0 Å². The molecular weight excluding hydrogens is 348 g/mol. The Bertz CT molecular complexity index is 969. The lowest BCUT2D eigenvalue weighted by atomic mass is 10.0. The molecule has 4 rings (SSSR count). The van der Waals surface area contributed by atoms with E-state index >= 15 is 0 Å². The van der Waals surface area contributed by atoms with Gasteiger partial charge in [-0.1, -0.05) is 29.8 Å². The van der Waals surface area contributed by atoms with E-state index in [0.29, 0.717) is 34.9 Å². The predicted octanol–water partition coefficient (Wildman–Crippen LogP) is 1.78. The zero-order valence-electron chi connectivity index (χ0n) is 14.1. The van der Waals surface area contributed by atoms with Crippen molar-refractivity contribution in [2.75, 3.05) is 18.4 Å². The Kier molecular flexibility index (Phi) is 4.55. The number of carbonyl (C=O) groups excluding carboxylic acids is 1. The van der Waals surface area contributed by atoms with Gasteiger partial charge in [0.25, 0.3) is 0 Å². The molecule has 2 aromatic heterocycles. The van der Waals surface area contributed by atoms with E-state index in [1.54, 1.807) is 10.7 Å². The van der Waals surface area contributed by atoms with Crippen LogP contribution in [0.2, 0.25) is 5.02 Å². The molecule has 1 saturated carbocycles. The zero-order chi connectivity index (χ0) is 18.1. The first-order valence-corrected chi connectivity index (χ1v) is 8.92. The van der Waals surface area contributed by atoms with Crippen LogP contribution in [-0.4, -0.2) is 41.4 Å². The lowest BCUT2D eigenvalue weighted by Gasteiger charge is -2.12. The van der Waals surface area contributed by atoms with Crippen molar-refractivity contribution in [3.8, 4) is 11.3 Å².